The van der Waals surface area contributed by atoms with Crippen LogP contribution in [-0.2, 0) is 0 Å². The average molecular weight is 207 g/mol. The average Bonchev–Trinajstić information content (AvgIpc) is 2.24. The Kier molecular flexibility index (Phi) is 2.35. The van der Waals surface area contributed by atoms with Crippen LogP contribution in [0.15, 0.2) is 12.1 Å². The molecule has 1 aromatic carbocycles. The number of fused-ring (bicyclic) bond motifs is 1. The lowest BCUT2D eigenvalue weighted by Gasteiger charge is -2.36. The summed E-state index contributed by atoms with van der Waals surface area (Å²) < 4.78 is 11.7. The summed E-state index contributed by atoms with van der Waals surface area (Å²) in [6, 6.07) is 4.09. The summed E-state index contributed by atoms with van der Waals surface area (Å²) in [5, 5.41) is 0. The van der Waals surface area contributed by atoms with Crippen molar-refractivity contribution in [2.24, 2.45) is 5.73 Å². The highest BCUT2D eigenvalue weighted by Gasteiger charge is 2.33. The molecule has 1 aliphatic heterocycles. The van der Waals surface area contributed by atoms with Crippen molar-refractivity contribution < 1.29 is 9.47 Å². The smallest absolute Gasteiger partial charge is 0.165 e. The third kappa shape index (κ3) is 1.67. The first-order valence-corrected chi connectivity index (χ1v) is 5.18. The van der Waals surface area contributed by atoms with Crippen LogP contribution in [-0.4, -0.2) is 18.8 Å². The first-order valence-electron chi connectivity index (χ1n) is 5.18. The molecule has 3 heteroatoms. The lowest BCUT2D eigenvalue weighted by atomic mass is 10.0. The van der Waals surface area contributed by atoms with Crippen LogP contribution in [0, 0.1) is 13.8 Å². The minimum absolute atomic E-state index is 0.397. The molecule has 0 spiro atoms. The molecule has 0 radical (unpaired) electrons. The Morgan fingerprint density at radius 1 is 1.27 bits per heavy atom. The van der Waals surface area contributed by atoms with Crippen molar-refractivity contribution in [1.29, 1.82) is 0 Å². The first kappa shape index (κ1) is 10.3. The summed E-state index contributed by atoms with van der Waals surface area (Å²) >= 11 is 0. The van der Waals surface area contributed by atoms with Gasteiger partial charge in [0, 0.05) is 6.54 Å². The summed E-state index contributed by atoms with van der Waals surface area (Å²) in [5.41, 5.74) is 7.48. The molecular weight excluding hydrogens is 190 g/mol. The minimum Gasteiger partial charge on any atom is -0.485 e. The van der Waals surface area contributed by atoms with E-state index in [4.69, 9.17) is 15.2 Å². The molecule has 15 heavy (non-hydrogen) atoms. The lowest BCUT2D eigenvalue weighted by Crippen LogP contribution is -2.48. The Morgan fingerprint density at radius 2 is 1.87 bits per heavy atom. The van der Waals surface area contributed by atoms with Crippen molar-refractivity contribution in [3.05, 3.63) is 23.3 Å². The molecule has 0 aromatic heterocycles. The molecule has 82 valence electrons. The van der Waals surface area contributed by atoms with Crippen molar-refractivity contribution >= 4 is 0 Å². The van der Waals surface area contributed by atoms with Gasteiger partial charge in [0.15, 0.2) is 17.1 Å². The molecule has 0 aliphatic carbocycles. The van der Waals surface area contributed by atoms with Gasteiger partial charge in [0.2, 0.25) is 0 Å². The number of rotatable bonds is 1. The molecule has 1 atom stereocenters. The molecular formula is C12H17NO2. The number of hydrogen-bond donors (Lipinski definition) is 1. The summed E-state index contributed by atoms with van der Waals surface area (Å²) in [7, 11) is 0. The topological polar surface area (TPSA) is 44.5 Å². The second-order valence-corrected chi connectivity index (χ2v) is 4.40. The van der Waals surface area contributed by atoms with Crippen LogP contribution in [0.4, 0.5) is 0 Å². The number of ether oxygens (including phenoxy) is 2. The zero-order chi connectivity index (χ0) is 11.1. The predicted octanol–water partition coefficient (Wildman–Crippen LogP) is 1.79. The zero-order valence-corrected chi connectivity index (χ0v) is 9.46. The Labute approximate surface area is 90.2 Å². The maximum Gasteiger partial charge on any atom is 0.165 e. The van der Waals surface area contributed by atoms with Gasteiger partial charge in [-0.3, -0.25) is 0 Å². The van der Waals surface area contributed by atoms with Crippen molar-refractivity contribution in [1.82, 2.24) is 0 Å². The number of aryl methyl sites for hydroxylation is 2. The van der Waals surface area contributed by atoms with Gasteiger partial charge >= 0.3 is 0 Å². The van der Waals surface area contributed by atoms with Crippen molar-refractivity contribution in [3.8, 4) is 11.5 Å². The van der Waals surface area contributed by atoms with E-state index in [-0.39, 0.29) is 0 Å². The molecule has 2 rings (SSSR count). The summed E-state index contributed by atoms with van der Waals surface area (Å²) in [6.45, 7) is 6.98. The third-order valence-electron chi connectivity index (χ3n) is 2.81. The van der Waals surface area contributed by atoms with Crippen molar-refractivity contribution in [3.63, 3.8) is 0 Å². The van der Waals surface area contributed by atoms with E-state index in [1.54, 1.807) is 0 Å². The van der Waals surface area contributed by atoms with Gasteiger partial charge in [-0.1, -0.05) is 12.1 Å². The molecule has 0 amide bonds. The standard InChI is InChI=1S/C12H17NO2/c1-8-4-5-9(2)11-10(8)14-7-12(3,6-13)15-11/h4-5H,6-7,13H2,1-3H3. The fourth-order valence-corrected chi connectivity index (χ4v) is 1.67. The van der Waals surface area contributed by atoms with Gasteiger partial charge < -0.3 is 15.2 Å². The van der Waals surface area contributed by atoms with Gasteiger partial charge in [-0.2, -0.15) is 0 Å². The number of hydrogen-bond acceptors (Lipinski definition) is 3. The zero-order valence-electron chi connectivity index (χ0n) is 9.46. The van der Waals surface area contributed by atoms with Crippen molar-refractivity contribution in [2.75, 3.05) is 13.2 Å². The Balaban J connectivity index is 2.45. The quantitative estimate of drug-likeness (QED) is 0.763. The molecule has 1 aromatic rings. The summed E-state index contributed by atoms with van der Waals surface area (Å²) in [4.78, 5) is 0. The summed E-state index contributed by atoms with van der Waals surface area (Å²) in [5.74, 6) is 1.70. The fraction of sp³-hybridized carbons (Fsp3) is 0.500. The molecule has 3 nitrogen and oxygen atoms in total. The van der Waals surface area contributed by atoms with E-state index < -0.39 is 5.60 Å². The maximum absolute atomic E-state index is 5.93. The second kappa shape index (κ2) is 3.42. The Hall–Kier alpha value is -1.22. The van der Waals surface area contributed by atoms with Crippen LogP contribution in [0.25, 0.3) is 0 Å². The number of nitrogens with two attached hydrogens (primary N) is 1. The van der Waals surface area contributed by atoms with Crippen LogP contribution in [0.2, 0.25) is 0 Å². The van der Waals surface area contributed by atoms with Crippen LogP contribution in [0.3, 0.4) is 0 Å². The fourth-order valence-electron chi connectivity index (χ4n) is 1.67. The molecule has 1 aliphatic rings. The van der Waals surface area contributed by atoms with Gasteiger partial charge in [-0.25, -0.2) is 0 Å². The van der Waals surface area contributed by atoms with E-state index in [0.717, 1.165) is 22.6 Å². The molecule has 0 saturated carbocycles. The Morgan fingerprint density at radius 3 is 2.47 bits per heavy atom. The highest BCUT2D eigenvalue weighted by molar-refractivity contribution is 5.52. The molecule has 0 bridgehead atoms. The van der Waals surface area contributed by atoms with Crippen LogP contribution in [0.1, 0.15) is 18.1 Å². The third-order valence-corrected chi connectivity index (χ3v) is 2.81. The summed E-state index contributed by atoms with van der Waals surface area (Å²) in [6.07, 6.45) is 0. The molecule has 0 saturated heterocycles. The number of benzene rings is 1. The highest BCUT2D eigenvalue weighted by atomic mass is 16.6. The van der Waals surface area contributed by atoms with Crippen LogP contribution in [0.5, 0.6) is 11.5 Å². The van der Waals surface area contributed by atoms with E-state index in [1.807, 2.05) is 32.9 Å². The van der Waals surface area contributed by atoms with Crippen LogP contribution >= 0.6 is 0 Å². The lowest BCUT2D eigenvalue weighted by molar-refractivity contribution is 0.0122. The van der Waals surface area contributed by atoms with Gasteiger partial charge in [0.05, 0.1) is 0 Å². The van der Waals surface area contributed by atoms with E-state index >= 15 is 0 Å². The van der Waals surface area contributed by atoms with Gasteiger partial charge in [-0.05, 0) is 31.9 Å². The highest BCUT2D eigenvalue weighted by Crippen LogP contribution is 2.40. The van der Waals surface area contributed by atoms with Crippen LogP contribution < -0.4 is 15.2 Å². The van der Waals surface area contributed by atoms with E-state index in [2.05, 4.69) is 0 Å². The molecule has 1 unspecified atom stereocenters. The normalized spacial score (nSPS) is 24.0. The van der Waals surface area contributed by atoms with Gasteiger partial charge in [0.1, 0.15) is 6.61 Å². The predicted molar refractivity (Wildman–Crippen MR) is 59.5 cm³/mol. The largest absolute Gasteiger partial charge is 0.485 e. The first-order chi connectivity index (χ1) is 7.06. The Bertz CT molecular complexity index is 389. The minimum atomic E-state index is -0.397. The van der Waals surface area contributed by atoms with E-state index in [0.29, 0.717) is 13.2 Å². The van der Waals surface area contributed by atoms with Gasteiger partial charge in [-0.15, -0.1) is 0 Å². The van der Waals surface area contributed by atoms with E-state index in [9.17, 15) is 0 Å². The molecule has 2 N–H and O–H groups in total. The van der Waals surface area contributed by atoms with Crippen molar-refractivity contribution in [2.45, 2.75) is 26.4 Å². The van der Waals surface area contributed by atoms with Gasteiger partial charge in [0.25, 0.3) is 0 Å². The maximum atomic E-state index is 5.93. The SMILES string of the molecule is Cc1ccc(C)c2c1OCC(C)(CN)O2. The monoisotopic (exact) mass is 207 g/mol. The molecule has 0 fully saturated rings. The second-order valence-electron chi connectivity index (χ2n) is 4.40. The van der Waals surface area contributed by atoms with E-state index in [1.165, 1.54) is 0 Å². The molecule has 1 heterocycles.